The van der Waals surface area contributed by atoms with E-state index in [9.17, 15) is 52.8 Å². The molecule has 0 aromatic carbocycles. The van der Waals surface area contributed by atoms with Gasteiger partial charge in [-0.2, -0.15) is 35.8 Å². The van der Waals surface area contributed by atoms with Gasteiger partial charge >= 0.3 is 43.0 Å². The summed E-state index contributed by atoms with van der Waals surface area (Å²) in [5.74, 6) is -4.03. The topological polar surface area (TPSA) is 145 Å². The maximum absolute atomic E-state index is 12.4. The second-order valence-corrected chi connectivity index (χ2v) is 7.55. The Kier molecular flexibility index (Phi) is 7.42. The first-order valence-corrected chi connectivity index (χ1v) is 8.70. The molecule has 26 heavy (non-hydrogen) atoms. The minimum atomic E-state index is -6.40. The van der Waals surface area contributed by atoms with Gasteiger partial charge < -0.3 is 9.47 Å². The number of esters is 2. The third-order valence-corrected chi connectivity index (χ3v) is 4.76. The molecule has 0 unspecified atom stereocenters. The predicted molar refractivity (Wildman–Crippen MR) is 67.8 cm³/mol. The van der Waals surface area contributed by atoms with Gasteiger partial charge in [-0.05, 0) is 0 Å². The van der Waals surface area contributed by atoms with Crippen molar-refractivity contribution < 1.29 is 62.2 Å². The van der Waals surface area contributed by atoms with Gasteiger partial charge in [0.1, 0.15) is 12.1 Å². The molecular weight excluding hydrogens is 430 g/mol. The Balaban J connectivity index is 6.19. The highest BCUT2D eigenvalue weighted by Gasteiger charge is 2.54. The number of alkyl halides is 6. The van der Waals surface area contributed by atoms with Crippen LogP contribution in [0.4, 0.5) is 26.3 Å². The summed E-state index contributed by atoms with van der Waals surface area (Å²) in [4.78, 5) is 22.9. The van der Waals surface area contributed by atoms with E-state index < -0.39 is 55.1 Å². The quantitative estimate of drug-likeness (QED) is 0.377. The summed E-state index contributed by atoms with van der Waals surface area (Å²) in [5.41, 5.74) is -12.1. The molecule has 0 aromatic heterocycles. The minimum absolute atomic E-state index is 0.476. The number of sulfonamides is 2. The van der Waals surface area contributed by atoms with E-state index in [0.717, 1.165) is 0 Å². The lowest BCUT2D eigenvalue weighted by molar-refractivity contribution is -0.151. The summed E-state index contributed by atoms with van der Waals surface area (Å²) in [6.45, 7) is 0. The number of hydrogen-bond acceptors (Lipinski definition) is 8. The Morgan fingerprint density at radius 3 is 1.12 bits per heavy atom. The monoisotopic (exact) mass is 440 g/mol. The zero-order valence-electron chi connectivity index (χ0n) is 12.5. The van der Waals surface area contributed by atoms with Crippen LogP contribution in [0.3, 0.4) is 0 Å². The number of nitrogens with one attached hydrogen (secondary N) is 2. The van der Waals surface area contributed by atoms with Crippen molar-refractivity contribution in [1.82, 2.24) is 9.44 Å². The van der Waals surface area contributed by atoms with Crippen molar-refractivity contribution in [3.8, 4) is 0 Å². The van der Waals surface area contributed by atoms with Gasteiger partial charge in [-0.25, -0.2) is 16.8 Å². The number of ether oxygens (including phenoxy) is 2. The lowest BCUT2D eigenvalue weighted by atomic mass is 10.1. The Labute approximate surface area is 141 Å². The first kappa shape index (κ1) is 24.3. The van der Waals surface area contributed by atoms with Gasteiger partial charge in [-0.1, -0.05) is 0 Å². The molecule has 0 amide bonds. The van der Waals surface area contributed by atoms with Crippen LogP contribution in [0.2, 0.25) is 0 Å². The second-order valence-electron chi connectivity index (χ2n) is 4.14. The summed E-state index contributed by atoms with van der Waals surface area (Å²) in [6, 6.07) is -6.15. The average molecular weight is 440 g/mol. The van der Waals surface area contributed by atoms with Crippen molar-refractivity contribution in [2.45, 2.75) is 23.1 Å². The molecule has 18 heteroatoms. The Hall–Kier alpha value is -1.66. The van der Waals surface area contributed by atoms with Crippen molar-refractivity contribution in [3.05, 3.63) is 0 Å². The lowest BCUT2D eigenvalue weighted by Crippen LogP contribution is -2.62. The molecule has 0 radical (unpaired) electrons. The number of halogens is 6. The van der Waals surface area contributed by atoms with Gasteiger partial charge in [0.2, 0.25) is 0 Å². The largest absolute Gasteiger partial charge is 0.511 e. The number of carbonyl (C=O) groups excluding carboxylic acids is 2. The van der Waals surface area contributed by atoms with Crippen molar-refractivity contribution in [3.63, 3.8) is 0 Å². The molecule has 0 aliphatic heterocycles. The van der Waals surface area contributed by atoms with Crippen LogP contribution in [0.1, 0.15) is 0 Å². The fourth-order valence-corrected chi connectivity index (χ4v) is 2.63. The van der Waals surface area contributed by atoms with E-state index in [2.05, 4.69) is 9.47 Å². The normalized spacial score (nSPS) is 15.8. The van der Waals surface area contributed by atoms with Crippen LogP contribution in [0, 0.1) is 0 Å². The van der Waals surface area contributed by atoms with Crippen molar-refractivity contribution in [2.75, 3.05) is 14.2 Å². The van der Waals surface area contributed by atoms with E-state index in [1.165, 1.54) is 0 Å². The first-order chi connectivity index (χ1) is 11.4. The SMILES string of the molecule is COC(=O)[C@@H](NS(=O)(=O)C(F)(F)F)[C@@H](NS(=O)(=O)C(F)(F)F)C(=O)OC. The van der Waals surface area contributed by atoms with E-state index in [4.69, 9.17) is 0 Å². The molecule has 0 spiro atoms. The summed E-state index contributed by atoms with van der Waals surface area (Å²) < 4.78 is 128. The fraction of sp³-hybridized carbons (Fsp3) is 0.750. The maximum Gasteiger partial charge on any atom is 0.511 e. The van der Waals surface area contributed by atoms with Crippen LogP contribution in [-0.4, -0.2) is 66.1 Å². The van der Waals surface area contributed by atoms with Crippen LogP contribution in [0.15, 0.2) is 0 Å². The van der Waals surface area contributed by atoms with E-state index in [-0.39, 0.29) is 0 Å². The van der Waals surface area contributed by atoms with Crippen molar-refractivity contribution >= 4 is 32.0 Å². The summed E-state index contributed by atoms with van der Waals surface area (Å²) in [6.07, 6.45) is 0. The highest BCUT2D eigenvalue weighted by molar-refractivity contribution is 7.90. The van der Waals surface area contributed by atoms with Crippen LogP contribution in [0.5, 0.6) is 0 Å². The Bertz CT molecular complexity index is 680. The highest BCUT2D eigenvalue weighted by atomic mass is 32.2. The number of carbonyl (C=O) groups is 2. The number of rotatable bonds is 7. The average Bonchev–Trinajstić information content (AvgIpc) is 2.46. The third-order valence-electron chi connectivity index (χ3n) is 2.42. The van der Waals surface area contributed by atoms with Crippen LogP contribution >= 0.6 is 0 Å². The molecule has 2 N–H and O–H groups in total. The zero-order valence-corrected chi connectivity index (χ0v) is 14.1. The second kappa shape index (κ2) is 7.92. The summed E-state index contributed by atoms with van der Waals surface area (Å²) in [7, 11) is -11.9. The van der Waals surface area contributed by atoms with Crippen LogP contribution < -0.4 is 9.44 Å². The van der Waals surface area contributed by atoms with Crippen LogP contribution in [-0.2, 0) is 39.1 Å². The van der Waals surface area contributed by atoms with Gasteiger partial charge in [0.25, 0.3) is 0 Å². The van der Waals surface area contributed by atoms with E-state index >= 15 is 0 Å². The standard InChI is InChI=1S/C8H10F6N2O8S2/c1-23-5(17)3(15-25(19,20)7(9,10)11)4(6(18)24-2)16-26(21,22)8(12,13)14/h3-4,15-16H,1-2H3/t3-,4+. The molecule has 0 aliphatic carbocycles. The molecule has 0 fully saturated rings. The Morgan fingerprint density at radius 2 is 0.962 bits per heavy atom. The van der Waals surface area contributed by atoms with Gasteiger partial charge in [0.15, 0.2) is 0 Å². The molecule has 0 saturated carbocycles. The molecular formula is C8H10F6N2O8S2. The van der Waals surface area contributed by atoms with Crippen LogP contribution in [0.25, 0.3) is 0 Å². The van der Waals surface area contributed by atoms with E-state index in [0.29, 0.717) is 23.7 Å². The molecule has 0 rings (SSSR count). The molecule has 154 valence electrons. The smallest absolute Gasteiger partial charge is 0.468 e. The zero-order chi connectivity index (χ0) is 21.1. The van der Waals surface area contributed by atoms with Gasteiger partial charge in [-0.15, -0.1) is 0 Å². The molecule has 0 heterocycles. The maximum atomic E-state index is 12.4. The Morgan fingerprint density at radius 1 is 0.731 bits per heavy atom. The minimum Gasteiger partial charge on any atom is -0.468 e. The lowest BCUT2D eigenvalue weighted by Gasteiger charge is -2.25. The van der Waals surface area contributed by atoms with Gasteiger partial charge in [0.05, 0.1) is 14.2 Å². The van der Waals surface area contributed by atoms with Crippen molar-refractivity contribution in [1.29, 1.82) is 0 Å². The molecule has 10 nitrogen and oxygen atoms in total. The molecule has 0 aliphatic rings. The molecule has 0 aromatic rings. The molecule has 2 atom stereocenters. The fourth-order valence-electron chi connectivity index (χ4n) is 1.23. The van der Waals surface area contributed by atoms with Gasteiger partial charge in [-0.3, -0.25) is 9.59 Å². The number of hydrogen-bond donors (Lipinski definition) is 2. The highest BCUT2D eigenvalue weighted by Crippen LogP contribution is 2.25. The number of methoxy groups -OCH3 is 2. The van der Waals surface area contributed by atoms with E-state index in [1.807, 2.05) is 0 Å². The third kappa shape index (κ3) is 5.68. The first-order valence-electron chi connectivity index (χ1n) is 5.74. The predicted octanol–water partition coefficient (Wildman–Crippen LogP) is -1.05. The van der Waals surface area contributed by atoms with E-state index in [1.54, 1.807) is 0 Å². The molecule has 0 bridgehead atoms. The summed E-state index contributed by atoms with van der Waals surface area (Å²) in [5, 5.41) is 0. The summed E-state index contributed by atoms with van der Waals surface area (Å²) >= 11 is 0. The van der Waals surface area contributed by atoms with Gasteiger partial charge in [0, 0.05) is 0 Å². The molecule has 0 saturated heterocycles. The van der Waals surface area contributed by atoms with Crippen molar-refractivity contribution in [2.24, 2.45) is 0 Å².